The van der Waals surface area contributed by atoms with Crippen LogP contribution in [0.5, 0.6) is 0 Å². The molecule has 0 bridgehead atoms. The number of aromatic nitrogens is 1. The van der Waals surface area contributed by atoms with Gasteiger partial charge < -0.3 is 14.2 Å². The predicted octanol–water partition coefficient (Wildman–Crippen LogP) is 0.361. The minimum Gasteiger partial charge on any atom is -0.378 e. The van der Waals surface area contributed by atoms with Gasteiger partial charge in [-0.25, -0.2) is 0 Å². The lowest BCUT2D eigenvalue weighted by atomic mass is 10.4. The lowest BCUT2D eigenvalue weighted by Crippen LogP contribution is -2.43. The van der Waals surface area contributed by atoms with Gasteiger partial charge in [-0.2, -0.15) is 0 Å². The number of rotatable bonds is 2. The topological polar surface area (TPSA) is 51.5 Å². The first-order chi connectivity index (χ1) is 8.16. The van der Waals surface area contributed by atoms with Crippen molar-refractivity contribution in [2.75, 3.05) is 26.3 Å². The van der Waals surface area contributed by atoms with Crippen LogP contribution in [0.25, 0.3) is 0 Å². The second kappa shape index (κ2) is 5.33. The maximum atomic E-state index is 11.9. The van der Waals surface area contributed by atoms with Crippen LogP contribution in [0, 0.1) is 0 Å². The van der Waals surface area contributed by atoms with Crippen LogP contribution >= 0.6 is 11.6 Å². The molecule has 2 rings (SSSR count). The zero-order valence-electron chi connectivity index (χ0n) is 9.26. The molecule has 0 unspecified atom stereocenters. The van der Waals surface area contributed by atoms with Crippen molar-refractivity contribution in [3.8, 4) is 0 Å². The first-order valence-electron chi connectivity index (χ1n) is 5.38. The van der Waals surface area contributed by atoms with Crippen LogP contribution in [0.4, 0.5) is 0 Å². The largest absolute Gasteiger partial charge is 0.378 e. The SMILES string of the molecule is O=C(Cn1cc(Cl)ccc1=O)N1CCOCC1. The lowest BCUT2D eigenvalue weighted by Gasteiger charge is -2.27. The Morgan fingerprint density at radius 1 is 1.35 bits per heavy atom. The maximum Gasteiger partial charge on any atom is 0.251 e. The minimum absolute atomic E-state index is 0.0272. The molecule has 17 heavy (non-hydrogen) atoms. The summed E-state index contributed by atoms with van der Waals surface area (Å²) in [5.74, 6) is -0.0855. The van der Waals surface area contributed by atoms with Gasteiger partial charge in [-0.05, 0) is 6.07 Å². The molecule has 1 saturated heterocycles. The molecular formula is C11H13ClN2O3. The van der Waals surface area contributed by atoms with Gasteiger partial charge in [-0.3, -0.25) is 9.59 Å². The minimum atomic E-state index is -0.226. The number of ether oxygens (including phenoxy) is 1. The fourth-order valence-corrected chi connectivity index (χ4v) is 1.86. The lowest BCUT2D eigenvalue weighted by molar-refractivity contribution is -0.135. The molecule has 1 aromatic rings. The molecule has 1 fully saturated rings. The van der Waals surface area contributed by atoms with E-state index in [0.29, 0.717) is 31.3 Å². The molecule has 1 amide bonds. The van der Waals surface area contributed by atoms with E-state index in [1.54, 1.807) is 4.90 Å². The molecule has 0 saturated carbocycles. The summed E-state index contributed by atoms with van der Waals surface area (Å²) in [5, 5.41) is 0.444. The second-order valence-electron chi connectivity index (χ2n) is 3.81. The number of hydrogen-bond acceptors (Lipinski definition) is 3. The van der Waals surface area contributed by atoms with E-state index < -0.39 is 0 Å². The summed E-state index contributed by atoms with van der Waals surface area (Å²) < 4.78 is 6.48. The fraction of sp³-hybridized carbons (Fsp3) is 0.455. The Balaban J connectivity index is 2.07. The van der Waals surface area contributed by atoms with Crippen LogP contribution < -0.4 is 5.56 Å². The summed E-state index contributed by atoms with van der Waals surface area (Å²) in [4.78, 5) is 25.1. The first kappa shape index (κ1) is 12.1. The highest BCUT2D eigenvalue weighted by atomic mass is 35.5. The molecule has 92 valence electrons. The Bertz CT molecular complexity index is 466. The van der Waals surface area contributed by atoms with Crippen molar-refractivity contribution < 1.29 is 9.53 Å². The third-order valence-corrected chi connectivity index (χ3v) is 2.84. The van der Waals surface area contributed by atoms with E-state index in [-0.39, 0.29) is 18.0 Å². The molecule has 0 N–H and O–H groups in total. The number of nitrogens with zero attached hydrogens (tertiary/aromatic N) is 2. The molecule has 5 nitrogen and oxygen atoms in total. The Morgan fingerprint density at radius 3 is 2.76 bits per heavy atom. The highest BCUT2D eigenvalue weighted by Crippen LogP contribution is 2.04. The van der Waals surface area contributed by atoms with Crippen molar-refractivity contribution in [2.45, 2.75) is 6.54 Å². The van der Waals surface area contributed by atoms with Gasteiger partial charge in [0.1, 0.15) is 6.54 Å². The Labute approximate surface area is 104 Å². The molecule has 0 spiro atoms. The van der Waals surface area contributed by atoms with Gasteiger partial charge in [-0.15, -0.1) is 0 Å². The van der Waals surface area contributed by atoms with Crippen LogP contribution in [-0.4, -0.2) is 41.7 Å². The number of pyridine rings is 1. The molecule has 6 heteroatoms. The van der Waals surface area contributed by atoms with Crippen molar-refractivity contribution in [3.63, 3.8) is 0 Å². The van der Waals surface area contributed by atoms with Gasteiger partial charge in [0, 0.05) is 25.4 Å². The van der Waals surface area contributed by atoms with Gasteiger partial charge in [-0.1, -0.05) is 11.6 Å². The number of morpholine rings is 1. The van der Waals surface area contributed by atoms with Crippen molar-refractivity contribution in [2.24, 2.45) is 0 Å². The number of halogens is 1. The van der Waals surface area contributed by atoms with E-state index in [1.165, 1.54) is 22.9 Å². The number of carbonyl (C=O) groups is 1. The standard InChI is InChI=1S/C11H13ClN2O3/c12-9-1-2-10(15)14(7-9)8-11(16)13-3-5-17-6-4-13/h1-2,7H,3-6,8H2. The molecule has 1 aliphatic rings. The van der Waals surface area contributed by atoms with E-state index in [2.05, 4.69) is 0 Å². The van der Waals surface area contributed by atoms with Gasteiger partial charge in [0.15, 0.2) is 0 Å². The van der Waals surface area contributed by atoms with E-state index in [1.807, 2.05) is 0 Å². The van der Waals surface area contributed by atoms with Gasteiger partial charge in [0.05, 0.1) is 18.2 Å². The molecule has 0 atom stereocenters. The average Bonchev–Trinajstić information content (AvgIpc) is 2.35. The second-order valence-corrected chi connectivity index (χ2v) is 4.24. The zero-order chi connectivity index (χ0) is 12.3. The normalized spacial score (nSPS) is 15.9. The number of hydrogen-bond donors (Lipinski definition) is 0. The third-order valence-electron chi connectivity index (χ3n) is 2.62. The molecule has 1 aliphatic heterocycles. The molecule has 1 aromatic heterocycles. The summed E-state index contributed by atoms with van der Waals surface area (Å²) in [6.45, 7) is 2.29. The quantitative estimate of drug-likeness (QED) is 0.768. The Morgan fingerprint density at radius 2 is 2.06 bits per heavy atom. The molecular weight excluding hydrogens is 244 g/mol. The van der Waals surface area contributed by atoms with Gasteiger partial charge in [0.25, 0.3) is 5.56 Å². The Kier molecular flexibility index (Phi) is 3.81. The van der Waals surface area contributed by atoms with E-state index >= 15 is 0 Å². The smallest absolute Gasteiger partial charge is 0.251 e. The van der Waals surface area contributed by atoms with E-state index in [4.69, 9.17) is 16.3 Å². The van der Waals surface area contributed by atoms with Crippen molar-refractivity contribution in [3.05, 3.63) is 33.7 Å². The maximum absolute atomic E-state index is 11.9. The predicted molar refractivity (Wildman–Crippen MR) is 63.1 cm³/mol. The highest BCUT2D eigenvalue weighted by molar-refractivity contribution is 6.30. The van der Waals surface area contributed by atoms with E-state index in [0.717, 1.165) is 0 Å². The molecule has 0 radical (unpaired) electrons. The summed E-state index contributed by atoms with van der Waals surface area (Å²) in [5.41, 5.74) is -0.226. The summed E-state index contributed by atoms with van der Waals surface area (Å²) in [7, 11) is 0. The van der Waals surface area contributed by atoms with Crippen LogP contribution in [0.2, 0.25) is 5.02 Å². The molecule has 2 heterocycles. The fourth-order valence-electron chi connectivity index (χ4n) is 1.68. The van der Waals surface area contributed by atoms with Crippen LogP contribution in [0.3, 0.4) is 0 Å². The highest BCUT2D eigenvalue weighted by Gasteiger charge is 2.17. The van der Waals surface area contributed by atoms with Crippen molar-refractivity contribution in [1.82, 2.24) is 9.47 Å². The summed E-state index contributed by atoms with van der Waals surface area (Å²) in [6.07, 6.45) is 1.47. The van der Waals surface area contributed by atoms with Gasteiger partial charge in [0.2, 0.25) is 5.91 Å². The number of amides is 1. The van der Waals surface area contributed by atoms with Crippen molar-refractivity contribution in [1.29, 1.82) is 0 Å². The average molecular weight is 257 g/mol. The van der Waals surface area contributed by atoms with Crippen LogP contribution in [0.15, 0.2) is 23.1 Å². The third kappa shape index (κ3) is 3.08. The first-order valence-corrected chi connectivity index (χ1v) is 5.76. The zero-order valence-corrected chi connectivity index (χ0v) is 10.0. The van der Waals surface area contributed by atoms with Crippen molar-refractivity contribution >= 4 is 17.5 Å². The summed E-state index contributed by atoms with van der Waals surface area (Å²) in [6, 6.07) is 2.87. The van der Waals surface area contributed by atoms with Gasteiger partial charge >= 0.3 is 0 Å². The van der Waals surface area contributed by atoms with Crippen LogP contribution in [0.1, 0.15) is 0 Å². The summed E-state index contributed by atoms with van der Waals surface area (Å²) >= 11 is 5.78. The molecule has 0 aromatic carbocycles. The monoisotopic (exact) mass is 256 g/mol. The Hall–Kier alpha value is -1.33. The van der Waals surface area contributed by atoms with Crippen LogP contribution in [-0.2, 0) is 16.1 Å². The van der Waals surface area contributed by atoms with E-state index in [9.17, 15) is 9.59 Å². The number of carbonyl (C=O) groups excluding carboxylic acids is 1. The molecule has 0 aliphatic carbocycles.